The summed E-state index contributed by atoms with van der Waals surface area (Å²) in [6.07, 6.45) is 1.27. The van der Waals surface area contributed by atoms with Gasteiger partial charge in [-0.2, -0.15) is 0 Å². The van der Waals surface area contributed by atoms with Crippen LogP contribution in [0.25, 0.3) is 6.08 Å². The number of carbonyl (C=O) groups is 4. The third-order valence-electron chi connectivity index (χ3n) is 5.80. The van der Waals surface area contributed by atoms with Crippen LogP contribution in [0.1, 0.15) is 11.1 Å². The van der Waals surface area contributed by atoms with Gasteiger partial charge in [-0.15, -0.1) is 0 Å². The zero-order valence-corrected chi connectivity index (χ0v) is 23.1. The van der Waals surface area contributed by atoms with Crippen LogP contribution in [0.15, 0.2) is 60.2 Å². The lowest BCUT2D eigenvalue weighted by atomic mass is 10.1. The number of urea groups is 1. The van der Waals surface area contributed by atoms with E-state index >= 15 is 0 Å². The van der Waals surface area contributed by atoms with E-state index in [0.29, 0.717) is 22.0 Å². The average Bonchev–Trinajstić information content (AvgIpc) is 2.92. The largest absolute Gasteiger partial charge is 0.497 e. The van der Waals surface area contributed by atoms with E-state index in [0.717, 1.165) is 10.5 Å². The predicted molar refractivity (Wildman–Crippen MR) is 150 cm³/mol. The molecule has 0 spiro atoms. The third kappa shape index (κ3) is 6.19. The van der Waals surface area contributed by atoms with E-state index in [4.69, 9.17) is 37.4 Å². The van der Waals surface area contributed by atoms with Crippen LogP contribution in [-0.2, 0) is 14.4 Å². The van der Waals surface area contributed by atoms with Gasteiger partial charge in [-0.3, -0.25) is 19.7 Å². The molecule has 2 N–H and O–H groups in total. The maximum Gasteiger partial charge on any atom is 0.335 e. The molecule has 0 atom stereocenters. The molecule has 10 nitrogen and oxygen atoms in total. The summed E-state index contributed by atoms with van der Waals surface area (Å²) in [5, 5.41) is 5.25. The van der Waals surface area contributed by atoms with Crippen molar-refractivity contribution in [3.05, 3.63) is 81.3 Å². The molecule has 4 rings (SSSR count). The number of imide groups is 2. The maximum absolute atomic E-state index is 13.2. The van der Waals surface area contributed by atoms with Gasteiger partial charge < -0.3 is 19.5 Å². The Labute approximate surface area is 239 Å². The second-order valence-corrected chi connectivity index (χ2v) is 9.31. The van der Waals surface area contributed by atoms with Gasteiger partial charge in [0.2, 0.25) is 0 Å². The molecule has 5 amide bonds. The van der Waals surface area contributed by atoms with E-state index in [2.05, 4.69) is 10.6 Å². The van der Waals surface area contributed by atoms with Crippen molar-refractivity contribution in [3.8, 4) is 17.2 Å². The summed E-state index contributed by atoms with van der Waals surface area (Å²) in [5.41, 5.74) is 1.49. The zero-order valence-electron chi connectivity index (χ0n) is 21.5. The number of hydrogen-bond acceptors (Lipinski definition) is 7. The monoisotopic (exact) mass is 583 g/mol. The summed E-state index contributed by atoms with van der Waals surface area (Å²) >= 11 is 12.6. The van der Waals surface area contributed by atoms with E-state index in [-0.39, 0.29) is 34.4 Å². The van der Waals surface area contributed by atoms with E-state index in [9.17, 15) is 19.2 Å². The predicted octanol–water partition coefficient (Wildman–Crippen LogP) is 5.00. The minimum Gasteiger partial charge on any atom is -0.497 e. The van der Waals surface area contributed by atoms with Crippen LogP contribution >= 0.6 is 23.2 Å². The molecule has 0 saturated carbocycles. The fourth-order valence-electron chi connectivity index (χ4n) is 3.75. The summed E-state index contributed by atoms with van der Waals surface area (Å²) in [7, 11) is 2.91. The molecule has 3 aromatic carbocycles. The van der Waals surface area contributed by atoms with Crippen molar-refractivity contribution in [2.75, 3.05) is 31.0 Å². The van der Waals surface area contributed by atoms with E-state index in [1.807, 2.05) is 0 Å². The van der Waals surface area contributed by atoms with E-state index in [1.54, 1.807) is 50.4 Å². The maximum atomic E-state index is 13.2. The average molecular weight is 584 g/mol. The summed E-state index contributed by atoms with van der Waals surface area (Å²) in [6.45, 7) is 1.40. The fourth-order valence-corrected chi connectivity index (χ4v) is 4.20. The van der Waals surface area contributed by atoms with E-state index in [1.165, 1.54) is 31.4 Å². The van der Waals surface area contributed by atoms with Gasteiger partial charge in [-0.1, -0.05) is 29.3 Å². The number of halogens is 2. The second-order valence-electron chi connectivity index (χ2n) is 8.49. The summed E-state index contributed by atoms with van der Waals surface area (Å²) in [5.74, 6) is -1.29. The van der Waals surface area contributed by atoms with Crippen molar-refractivity contribution >= 4 is 64.4 Å². The molecule has 0 aliphatic carbocycles. The molecule has 0 aromatic heterocycles. The van der Waals surface area contributed by atoms with Crippen LogP contribution in [0.3, 0.4) is 0 Å². The van der Waals surface area contributed by atoms with Gasteiger partial charge in [-0.05, 0) is 72.7 Å². The number of aryl methyl sites for hydroxylation is 1. The van der Waals surface area contributed by atoms with Crippen LogP contribution in [0, 0.1) is 6.92 Å². The van der Waals surface area contributed by atoms with E-state index < -0.39 is 23.8 Å². The summed E-state index contributed by atoms with van der Waals surface area (Å²) in [4.78, 5) is 51.5. The molecule has 1 fully saturated rings. The van der Waals surface area contributed by atoms with Crippen LogP contribution in [0.2, 0.25) is 10.0 Å². The fraction of sp³-hybridized carbons (Fsp3) is 0.143. The highest BCUT2D eigenvalue weighted by Gasteiger charge is 2.37. The number of methoxy groups -OCH3 is 2. The molecule has 0 bridgehead atoms. The first-order valence-electron chi connectivity index (χ1n) is 11.7. The Morgan fingerprint density at radius 2 is 1.70 bits per heavy atom. The molecule has 12 heteroatoms. The first-order chi connectivity index (χ1) is 19.1. The Morgan fingerprint density at radius 1 is 0.975 bits per heavy atom. The molecule has 1 heterocycles. The molecule has 1 aliphatic heterocycles. The molecule has 3 aromatic rings. The highest BCUT2D eigenvalue weighted by molar-refractivity contribution is 6.39. The molecular formula is C28H23Cl2N3O7. The van der Waals surface area contributed by atoms with Crippen molar-refractivity contribution in [2.45, 2.75) is 6.92 Å². The molecule has 1 aliphatic rings. The number of amides is 5. The van der Waals surface area contributed by atoms with Crippen molar-refractivity contribution in [2.24, 2.45) is 0 Å². The zero-order chi connectivity index (χ0) is 29.0. The molecule has 40 heavy (non-hydrogen) atoms. The normalized spacial score (nSPS) is 14.2. The van der Waals surface area contributed by atoms with Gasteiger partial charge >= 0.3 is 6.03 Å². The smallest absolute Gasteiger partial charge is 0.335 e. The first-order valence-corrected chi connectivity index (χ1v) is 12.5. The van der Waals surface area contributed by atoms with Crippen molar-refractivity contribution < 1.29 is 33.4 Å². The van der Waals surface area contributed by atoms with Crippen LogP contribution < -0.4 is 29.7 Å². The van der Waals surface area contributed by atoms with Gasteiger partial charge in [0, 0.05) is 10.7 Å². The molecule has 1 saturated heterocycles. The number of rotatable bonds is 8. The minimum absolute atomic E-state index is 0.0605. The summed E-state index contributed by atoms with van der Waals surface area (Å²) < 4.78 is 16.1. The Bertz CT molecular complexity index is 1540. The first kappa shape index (κ1) is 28.5. The molecule has 0 radical (unpaired) electrons. The van der Waals surface area contributed by atoms with Gasteiger partial charge in [0.1, 0.15) is 11.3 Å². The van der Waals surface area contributed by atoms with Gasteiger partial charge in [-0.25, -0.2) is 9.69 Å². The third-order valence-corrected chi connectivity index (χ3v) is 6.49. The molecule has 0 unspecified atom stereocenters. The lowest BCUT2D eigenvalue weighted by molar-refractivity contribution is -0.122. The SMILES string of the molecule is COc1ccc(NC(=O)COc2c(Cl)cc(/C=C3\C(=O)NC(=O)N(c4ccc(C)c(Cl)c4)C3=O)cc2OC)cc1. The Hall–Kier alpha value is -4.54. The summed E-state index contributed by atoms with van der Waals surface area (Å²) in [6, 6.07) is 13.4. The molecular weight excluding hydrogens is 561 g/mol. The number of carbonyl (C=O) groups excluding carboxylic acids is 4. The number of ether oxygens (including phenoxy) is 3. The quantitative estimate of drug-likeness (QED) is 0.282. The van der Waals surface area contributed by atoms with Crippen LogP contribution in [-0.4, -0.2) is 44.6 Å². The number of anilines is 2. The lowest BCUT2D eigenvalue weighted by Gasteiger charge is -2.26. The van der Waals surface area contributed by atoms with Crippen molar-refractivity contribution in [1.82, 2.24) is 5.32 Å². The highest BCUT2D eigenvalue weighted by Crippen LogP contribution is 2.37. The topological polar surface area (TPSA) is 123 Å². The van der Waals surface area contributed by atoms with Crippen LogP contribution in [0.4, 0.5) is 16.2 Å². The Kier molecular flexibility index (Phi) is 8.61. The van der Waals surface area contributed by atoms with Gasteiger partial charge in [0.05, 0.1) is 24.9 Å². The number of benzene rings is 3. The standard InChI is InChI=1S/C28H23Cl2N3O7/c1-15-4-7-18(13-21(15)29)33-27(36)20(26(35)32-28(33)37)10-16-11-22(30)25(23(12-16)39-3)40-14-24(34)31-17-5-8-19(38-2)9-6-17/h4-13H,14H2,1-3H3,(H,31,34)(H,32,35,37)/b20-10+. The van der Waals surface area contributed by atoms with Crippen LogP contribution in [0.5, 0.6) is 17.2 Å². The van der Waals surface area contributed by atoms with Crippen molar-refractivity contribution in [3.63, 3.8) is 0 Å². The Morgan fingerprint density at radius 3 is 2.35 bits per heavy atom. The highest BCUT2D eigenvalue weighted by atomic mass is 35.5. The number of hydrogen-bond donors (Lipinski definition) is 2. The molecule has 206 valence electrons. The number of nitrogens with one attached hydrogen (secondary N) is 2. The number of barbiturate groups is 1. The van der Waals surface area contributed by atoms with Gasteiger partial charge in [0.25, 0.3) is 17.7 Å². The lowest BCUT2D eigenvalue weighted by Crippen LogP contribution is -2.54. The number of nitrogens with zero attached hydrogens (tertiary/aromatic N) is 1. The minimum atomic E-state index is -0.903. The second kappa shape index (κ2) is 12.1. The van der Waals surface area contributed by atoms with Gasteiger partial charge in [0.15, 0.2) is 18.1 Å². The van der Waals surface area contributed by atoms with Crippen molar-refractivity contribution in [1.29, 1.82) is 0 Å². The Balaban J connectivity index is 1.54.